The molecule has 0 spiro atoms. The van der Waals surface area contributed by atoms with E-state index in [1.54, 1.807) is 0 Å². The predicted molar refractivity (Wildman–Crippen MR) is 105 cm³/mol. The highest BCUT2D eigenvalue weighted by molar-refractivity contribution is 6.01. The van der Waals surface area contributed by atoms with Gasteiger partial charge < -0.3 is 14.9 Å². The van der Waals surface area contributed by atoms with Crippen LogP contribution >= 0.6 is 0 Å². The first-order valence-corrected chi connectivity index (χ1v) is 9.65. The van der Waals surface area contributed by atoms with E-state index in [-0.39, 0.29) is 25.4 Å². The first-order chi connectivity index (χ1) is 14.5. The van der Waals surface area contributed by atoms with Crippen LogP contribution in [-0.2, 0) is 24.0 Å². The molecule has 0 bridgehead atoms. The average molecular weight is 408 g/mol. The summed E-state index contributed by atoms with van der Waals surface area (Å²) in [7, 11) is 0. The van der Waals surface area contributed by atoms with Crippen LogP contribution in [0.4, 0.5) is 4.79 Å². The molecule has 2 aliphatic rings. The lowest BCUT2D eigenvalue weighted by Crippen LogP contribution is -2.44. The lowest BCUT2D eigenvalue weighted by atomic mass is 9.98. The van der Waals surface area contributed by atoms with Crippen LogP contribution in [0.2, 0.25) is 0 Å². The fraction of sp³-hybridized carbons (Fsp3) is 0.273. The van der Waals surface area contributed by atoms with Gasteiger partial charge in [-0.15, -0.1) is 5.06 Å². The van der Waals surface area contributed by atoms with Crippen LogP contribution in [0.1, 0.15) is 36.8 Å². The number of imide groups is 1. The maximum absolute atomic E-state index is 12.2. The minimum Gasteiger partial charge on any atom is -0.449 e. The van der Waals surface area contributed by atoms with E-state index >= 15 is 0 Å². The summed E-state index contributed by atoms with van der Waals surface area (Å²) in [5.74, 6) is -2.19. The quantitative estimate of drug-likeness (QED) is 0.763. The molecule has 2 aromatic carbocycles. The van der Waals surface area contributed by atoms with Gasteiger partial charge in [0.2, 0.25) is 0 Å². The van der Waals surface area contributed by atoms with Crippen LogP contribution in [0.15, 0.2) is 48.5 Å². The molecule has 3 amide bonds. The molecular weight excluding hydrogens is 388 g/mol. The van der Waals surface area contributed by atoms with Gasteiger partial charge in [-0.05, 0) is 29.2 Å². The van der Waals surface area contributed by atoms with E-state index in [1.165, 1.54) is 6.92 Å². The van der Waals surface area contributed by atoms with E-state index in [1.807, 2.05) is 48.5 Å². The van der Waals surface area contributed by atoms with Crippen LogP contribution in [0.5, 0.6) is 0 Å². The minimum atomic E-state index is -1.10. The summed E-state index contributed by atoms with van der Waals surface area (Å²) in [4.78, 5) is 52.1. The summed E-state index contributed by atoms with van der Waals surface area (Å²) in [5.41, 5.74) is 4.37. The molecule has 0 aromatic heterocycles. The first-order valence-electron chi connectivity index (χ1n) is 9.65. The number of hydrogen-bond donors (Lipinski definition) is 1. The van der Waals surface area contributed by atoms with Crippen LogP contribution < -0.4 is 5.32 Å². The standard InChI is InChI=1S/C22H20N2O6/c1-13(21(27)30-24-19(25)10-11-20(24)26)23-22(28)29-12-18-16-8-4-2-6-14(16)15-7-3-5-9-17(15)18/h2-9,13,18H,10-12H2,1H3,(H,23,28)/t13-/m1/s1. The molecule has 1 aliphatic carbocycles. The average Bonchev–Trinajstić information content (AvgIpc) is 3.24. The number of benzene rings is 2. The van der Waals surface area contributed by atoms with E-state index in [2.05, 4.69) is 5.32 Å². The molecule has 1 heterocycles. The Morgan fingerprint density at radius 2 is 1.53 bits per heavy atom. The molecule has 8 nitrogen and oxygen atoms in total. The maximum Gasteiger partial charge on any atom is 0.407 e. The van der Waals surface area contributed by atoms with Gasteiger partial charge in [0, 0.05) is 18.8 Å². The third-order valence-electron chi connectivity index (χ3n) is 5.22. The van der Waals surface area contributed by atoms with Gasteiger partial charge in [-0.1, -0.05) is 48.5 Å². The highest BCUT2D eigenvalue weighted by atomic mass is 16.7. The second-order valence-corrected chi connectivity index (χ2v) is 7.18. The molecule has 0 radical (unpaired) electrons. The third kappa shape index (κ3) is 3.63. The van der Waals surface area contributed by atoms with Crippen molar-refractivity contribution in [2.24, 2.45) is 0 Å². The molecule has 1 fully saturated rings. The Balaban J connectivity index is 1.35. The zero-order chi connectivity index (χ0) is 21.3. The molecule has 8 heteroatoms. The largest absolute Gasteiger partial charge is 0.449 e. The zero-order valence-electron chi connectivity index (χ0n) is 16.3. The van der Waals surface area contributed by atoms with E-state index in [0.717, 1.165) is 22.3 Å². The lowest BCUT2D eigenvalue weighted by molar-refractivity contribution is -0.198. The number of hydrogen-bond acceptors (Lipinski definition) is 6. The number of nitrogens with zero attached hydrogens (tertiary/aromatic N) is 1. The van der Waals surface area contributed by atoms with Crippen LogP contribution in [0.3, 0.4) is 0 Å². The smallest absolute Gasteiger partial charge is 0.407 e. The summed E-state index contributed by atoms with van der Waals surface area (Å²) < 4.78 is 5.37. The highest BCUT2D eigenvalue weighted by Gasteiger charge is 2.34. The second-order valence-electron chi connectivity index (χ2n) is 7.18. The van der Waals surface area contributed by atoms with Crippen molar-refractivity contribution in [3.8, 4) is 11.1 Å². The summed E-state index contributed by atoms with van der Waals surface area (Å²) in [6, 6.07) is 14.8. The number of ether oxygens (including phenoxy) is 1. The molecule has 0 saturated carbocycles. The van der Waals surface area contributed by atoms with Crippen molar-refractivity contribution in [3.05, 3.63) is 59.7 Å². The van der Waals surface area contributed by atoms with Gasteiger partial charge in [-0.3, -0.25) is 9.59 Å². The molecule has 1 atom stereocenters. The number of hydroxylamine groups is 2. The molecule has 30 heavy (non-hydrogen) atoms. The van der Waals surface area contributed by atoms with Gasteiger partial charge in [0.05, 0.1) is 0 Å². The molecule has 0 unspecified atom stereocenters. The van der Waals surface area contributed by atoms with Crippen LogP contribution in [-0.4, -0.2) is 41.6 Å². The van der Waals surface area contributed by atoms with Gasteiger partial charge in [-0.2, -0.15) is 0 Å². The number of nitrogens with one attached hydrogen (secondary N) is 1. The second kappa shape index (κ2) is 7.98. The zero-order valence-corrected chi connectivity index (χ0v) is 16.3. The van der Waals surface area contributed by atoms with Gasteiger partial charge in [0.1, 0.15) is 12.6 Å². The van der Waals surface area contributed by atoms with Crippen molar-refractivity contribution in [3.63, 3.8) is 0 Å². The minimum absolute atomic E-state index is 0.000299. The predicted octanol–water partition coefficient (Wildman–Crippen LogP) is 2.52. The van der Waals surface area contributed by atoms with Crippen molar-refractivity contribution in [2.45, 2.75) is 31.7 Å². The SMILES string of the molecule is C[C@@H](NC(=O)OCC1c2ccccc2-c2ccccc21)C(=O)ON1C(=O)CCC1=O. The lowest BCUT2D eigenvalue weighted by Gasteiger charge is -2.18. The highest BCUT2D eigenvalue weighted by Crippen LogP contribution is 2.44. The fourth-order valence-electron chi connectivity index (χ4n) is 3.70. The Labute approximate surface area is 172 Å². The summed E-state index contributed by atoms with van der Waals surface area (Å²) in [6.45, 7) is 1.49. The summed E-state index contributed by atoms with van der Waals surface area (Å²) in [5, 5.41) is 2.81. The van der Waals surface area contributed by atoms with E-state index in [4.69, 9.17) is 9.57 Å². The number of alkyl carbamates (subject to hydrolysis) is 1. The van der Waals surface area contributed by atoms with Gasteiger partial charge in [0.25, 0.3) is 11.8 Å². The van der Waals surface area contributed by atoms with Crippen molar-refractivity contribution >= 4 is 23.9 Å². The normalized spacial score (nSPS) is 16.1. The summed E-state index contributed by atoms with van der Waals surface area (Å²) in [6.07, 6.45) is -0.791. The van der Waals surface area contributed by atoms with E-state index in [0.29, 0.717) is 5.06 Å². The monoisotopic (exact) mass is 408 g/mol. The molecule has 2 aromatic rings. The number of fused-ring (bicyclic) bond motifs is 3. The van der Waals surface area contributed by atoms with Gasteiger partial charge in [-0.25, -0.2) is 9.59 Å². The molecule has 1 saturated heterocycles. The van der Waals surface area contributed by atoms with E-state index < -0.39 is 29.9 Å². The Kier molecular flexibility index (Phi) is 5.22. The molecule has 1 aliphatic heterocycles. The molecule has 1 N–H and O–H groups in total. The molecule has 4 rings (SSSR count). The van der Waals surface area contributed by atoms with Crippen molar-refractivity contribution < 1.29 is 28.8 Å². The van der Waals surface area contributed by atoms with Crippen molar-refractivity contribution in [1.82, 2.24) is 10.4 Å². The first kappa shape index (κ1) is 19.6. The molecular formula is C22H20N2O6. The number of carbonyl (C=O) groups excluding carboxylic acids is 4. The van der Waals surface area contributed by atoms with Crippen LogP contribution in [0, 0.1) is 0 Å². The third-order valence-corrected chi connectivity index (χ3v) is 5.22. The van der Waals surface area contributed by atoms with Gasteiger partial charge >= 0.3 is 12.1 Å². The number of carbonyl (C=O) groups is 4. The number of amides is 3. The molecule has 154 valence electrons. The Hall–Kier alpha value is -3.68. The Morgan fingerprint density at radius 3 is 2.10 bits per heavy atom. The van der Waals surface area contributed by atoms with E-state index in [9.17, 15) is 19.2 Å². The topological polar surface area (TPSA) is 102 Å². The van der Waals surface area contributed by atoms with Crippen molar-refractivity contribution in [2.75, 3.05) is 6.61 Å². The van der Waals surface area contributed by atoms with Gasteiger partial charge in [0.15, 0.2) is 0 Å². The summed E-state index contributed by atoms with van der Waals surface area (Å²) >= 11 is 0. The van der Waals surface area contributed by atoms with Crippen LogP contribution in [0.25, 0.3) is 11.1 Å². The van der Waals surface area contributed by atoms with Crippen molar-refractivity contribution in [1.29, 1.82) is 0 Å². The Morgan fingerprint density at radius 1 is 1.00 bits per heavy atom. The Bertz CT molecular complexity index is 972. The maximum atomic E-state index is 12.2. The fourth-order valence-corrected chi connectivity index (χ4v) is 3.70. The number of rotatable bonds is 5.